The summed E-state index contributed by atoms with van der Waals surface area (Å²) in [5.74, 6) is -9.79. The van der Waals surface area contributed by atoms with Gasteiger partial charge in [-0.15, -0.1) is 5.10 Å². The second-order valence-corrected chi connectivity index (χ2v) is 30.3. The Hall–Kier alpha value is -16.1. The minimum atomic E-state index is -1.01. The van der Waals surface area contributed by atoms with E-state index in [1.807, 2.05) is 81.3 Å². The molecule has 0 saturated heterocycles. The lowest BCUT2D eigenvalue weighted by atomic mass is 10.0. The van der Waals surface area contributed by atoms with Gasteiger partial charge in [0.25, 0.3) is 11.8 Å². The molecule has 0 radical (unpaired) electrons. The smallest absolute Gasteiger partial charge is 0.334 e. The number of carboxylic acid groups (broad SMARTS) is 1. The molecular formula is C91H109FN22O17. The number of nitrogens with zero attached hydrogens (tertiary/aromatic N) is 7. The highest BCUT2D eigenvalue weighted by atomic mass is 18.2. The Labute approximate surface area is 755 Å². The van der Waals surface area contributed by atoms with Crippen LogP contribution in [0, 0.1) is 52.8 Å². The molecule has 19 N–H and O–H groups in total. The number of carbonyl (C=O) groups is 15. The molecule has 1 aromatic heterocycles. The average molecular weight is 1800 g/mol. The average Bonchev–Trinajstić information content (AvgIpc) is 1.71. The predicted octanol–water partition coefficient (Wildman–Crippen LogP) is 2.48. The van der Waals surface area contributed by atoms with Crippen molar-refractivity contribution < 1.29 is 86.3 Å². The number of anilines is 1. The molecule has 131 heavy (non-hydrogen) atoms. The zero-order valence-corrected chi connectivity index (χ0v) is 73.8. The van der Waals surface area contributed by atoms with Crippen molar-refractivity contribution in [1.29, 1.82) is 10.5 Å². The molecule has 0 bridgehead atoms. The van der Waals surface area contributed by atoms with Crippen molar-refractivity contribution in [3.63, 3.8) is 0 Å². The second kappa shape index (κ2) is 54.7. The third kappa shape index (κ3) is 36.4. The fourth-order valence-corrected chi connectivity index (χ4v) is 11.8. The Morgan fingerprint density at radius 2 is 0.908 bits per heavy atom. The lowest BCUT2D eigenvalue weighted by molar-refractivity contribution is -0.130. The standard InChI is InChI=1S/C33H35N9O6.C27H31FN6O5.C20H31N5O4.C11H12N2O2/c1-20(2)30(33(47)36-15-14-29(44)38-25(32(46)37-19-28(35)43)16-21-8-4-3-5-9-21)39-31(45)22-12-13-27(23(17-22)18-34)48-42-26-11-7-6-10-24(26)40-41-42;1-16(2)24(34-25(37)18-8-9-20(28)19(13-18)14-29)27(39)31-11-10-23(36)33-21(26(38)32-15-22(30)35)12-17-6-4-3-5-7-17;1-13(2)18(21)20(29)23-10-9-16(26)25-15(11-14-7-5-4-6-8-14)19(28)24-12-17(27)22-3;1-4-13(3)10-6-5-8(11(14)15)7-9(10)12-2/h3-13,17,20,25,30H,14-16,19H2,1-2H3,(H2,35,43)(H,36,47)(H,37,46)(H,38,44)(H,39,45);3-9,13,16,21,24H,10-12,15H2,1-2H3,(H2,30,35)(H,31,39)(H,32,38)(H,33,36)(H,34,37);4-8,13,15,18H,9-12,21H2,1-3H3,(H,22,27)(H,23,29)(H,24,28)(H,25,26);5-7H,4H2,1,3H3,(H,14,15)/t25-,30-;21-,24-;15-,18-;/m000./s1/i;28-1;;. The van der Waals surface area contributed by atoms with Crippen LogP contribution in [-0.2, 0) is 76.8 Å². The Morgan fingerprint density at radius 1 is 0.504 bits per heavy atom. The van der Waals surface area contributed by atoms with E-state index in [1.165, 1.54) is 48.3 Å². The molecule has 8 rings (SSSR count). The van der Waals surface area contributed by atoms with Gasteiger partial charge in [0, 0.05) is 101 Å². The summed E-state index contributed by atoms with van der Waals surface area (Å²) in [5, 5.41) is 66.1. The fraction of sp³-hybridized carbons (Fsp3) is 0.341. The highest BCUT2D eigenvalue weighted by molar-refractivity contribution is 6.00. The molecular weight excluding hydrogens is 1690 g/mol. The number of likely N-dealkylation sites (N-methyl/N-ethyl adjacent to an activating group) is 1. The number of halogens is 1. The Morgan fingerprint density at radius 3 is 1.31 bits per heavy atom. The number of rotatable bonds is 42. The van der Waals surface area contributed by atoms with E-state index in [0.29, 0.717) is 16.7 Å². The number of fused-ring (bicyclic) bond motifs is 1. The third-order valence-corrected chi connectivity index (χ3v) is 19.3. The van der Waals surface area contributed by atoms with Crippen molar-refractivity contribution in [2.24, 2.45) is 35.0 Å². The first-order chi connectivity index (χ1) is 62.4. The summed E-state index contributed by atoms with van der Waals surface area (Å²) in [6, 6.07) is 44.7. The number of carboxylic acids is 1. The molecule has 0 aliphatic heterocycles. The van der Waals surface area contributed by atoms with Crippen molar-refractivity contribution in [2.45, 2.75) is 123 Å². The number of para-hydroxylation sites is 1. The van der Waals surface area contributed by atoms with Crippen molar-refractivity contribution in [2.75, 3.05) is 64.8 Å². The number of benzene rings is 7. The number of amides is 14. The number of aromatic carboxylic acids is 1. The number of aromatic nitrogens is 3. The van der Waals surface area contributed by atoms with Gasteiger partial charge in [-0.25, -0.2) is 14.0 Å². The summed E-state index contributed by atoms with van der Waals surface area (Å²) in [4.78, 5) is 195. The van der Waals surface area contributed by atoms with Crippen molar-refractivity contribution in [1.82, 2.24) is 79.0 Å². The topological polar surface area (TPSA) is 594 Å². The Balaban J connectivity index is 0.000000329. The number of carbonyl (C=O) groups excluding carboxylic acids is 14. The lowest BCUT2D eigenvalue weighted by Crippen LogP contribution is -2.51. The molecule has 692 valence electrons. The number of hydrogen-bond donors (Lipinski definition) is 16. The maximum atomic E-state index is 13.6. The first-order valence-corrected chi connectivity index (χ1v) is 41.4. The minimum absolute atomic E-state index is 0.00453. The van der Waals surface area contributed by atoms with Crippen LogP contribution < -0.4 is 90.7 Å². The van der Waals surface area contributed by atoms with Gasteiger partial charge in [-0.3, -0.25) is 67.1 Å². The van der Waals surface area contributed by atoms with E-state index in [4.69, 9.17) is 39.0 Å². The van der Waals surface area contributed by atoms with E-state index in [-0.39, 0.29) is 147 Å². The fourth-order valence-electron chi connectivity index (χ4n) is 11.8. The van der Waals surface area contributed by atoms with E-state index < -0.39 is 113 Å². The molecule has 8 aromatic rings. The van der Waals surface area contributed by atoms with Gasteiger partial charge < -0.3 is 95.8 Å². The maximum Gasteiger partial charge on any atom is 0.334 e. The largest absolute Gasteiger partial charge is 0.478 e. The predicted molar refractivity (Wildman–Crippen MR) is 480 cm³/mol. The van der Waals surface area contributed by atoms with E-state index >= 15 is 0 Å². The van der Waals surface area contributed by atoms with Crippen LogP contribution in [0.1, 0.15) is 127 Å². The number of nitriles is 2. The van der Waals surface area contributed by atoms with Crippen LogP contribution >= 0.6 is 0 Å². The summed E-state index contributed by atoms with van der Waals surface area (Å²) in [5.41, 5.74) is 20.8. The summed E-state index contributed by atoms with van der Waals surface area (Å²) < 4.78 is 13.6. The third-order valence-electron chi connectivity index (χ3n) is 19.3. The van der Waals surface area contributed by atoms with E-state index in [1.54, 1.807) is 113 Å². The van der Waals surface area contributed by atoms with E-state index in [0.717, 1.165) is 41.1 Å². The first kappa shape index (κ1) is 105. The molecule has 14 amide bonds. The highest BCUT2D eigenvalue weighted by Crippen LogP contribution is 2.29. The zero-order chi connectivity index (χ0) is 96.8. The number of nitrogens with two attached hydrogens (primary N) is 3. The molecule has 0 aliphatic carbocycles. The van der Waals surface area contributed by atoms with Crippen molar-refractivity contribution >= 4 is 111 Å². The number of hydrogen-bond acceptors (Lipinski definition) is 22. The molecule has 0 unspecified atom stereocenters. The Bertz CT molecular complexity index is 5430. The molecule has 40 heteroatoms. The Kier molecular flexibility index (Phi) is 44.1. The minimum Gasteiger partial charge on any atom is -0.478 e. The van der Waals surface area contributed by atoms with Crippen LogP contribution in [0.2, 0.25) is 0 Å². The van der Waals surface area contributed by atoms with Crippen molar-refractivity contribution in [3.05, 3.63) is 232 Å². The van der Waals surface area contributed by atoms with Gasteiger partial charge >= 0.3 is 5.97 Å². The summed E-state index contributed by atoms with van der Waals surface area (Å²) in [6.07, 6.45) is 0.293. The zero-order valence-electron chi connectivity index (χ0n) is 73.8. The van der Waals surface area contributed by atoms with Crippen LogP contribution in [0.4, 0.5) is 15.8 Å². The normalized spacial score (nSPS) is 11.8. The molecule has 1 heterocycles. The van der Waals surface area contributed by atoms with E-state index in [9.17, 15) is 81.6 Å². The summed E-state index contributed by atoms with van der Waals surface area (Å²) in [6.45, 7) is 19.3. The van der Waals surface area contributed by atoms with Crippen LogP contribution in [-0.4, -0.2) is 205 Å². The van der Waals surface area contributed by atoms with Gasteiger partial charge in [0.05, 0.1) is 43.4 Å². The van der Waals surface area contributed by atoms with Gasteiger partial charge in [-0.2, -0.15) is 10.5 Å². The van der Waals surface area contributed by atoms with E-state index in [2.05, 4.69) is 79.0 Å². The van der Waals surface area contributed by atoms with Gasteiger partial charge in [0.15, 0.2) is 5.75 Å². The van der Waals surface area contributed by atoms with Crippen LogP contribution in [0.15, 0.2) is 170 Å². The molecule has 7 aromatic carbocycles. The molecule has 0 aliphatic rings. The van der Waals surface area contributed by atoms with Gasteiger partial charge in [-0.1, -0.05) is 150 Å². The lowest BCUT2D eigenvalue weighted by Gasteiger charge is -2.22. The van der Waals surface area contributed by atoms with Crippen LogP contribution in [0.5, 0.6) is 5.75 Å². The number of primary amides is 2. The molecule has 0 fully saturated rings. The monoisotopic (exact) mass is 1800 g/mol. The van der Waals surface area contributed by atoms with Crippen molar-refractivity contribution in [3.8, 4) is 17.9 Å². The van der Waals surface area contributed by atoms with Crippen LogP contribution in [0.3, 0.4) is 0 Å². The molecule has 6 atom stereocenters. The van der Waals surface area contributed by atoms with Gasteiger partial charge in [0.2, 0.25) is 76.6 Å². The maximum absolute atomic E-state index is 13.6. The van der Waals surface area contributed by atoms with Gasteiger partial charge in [-0.05, 0) is 113 Å². The molecule has 0 saturated carbocycles. The molecule has 0 spiro atoms. The quantitative estimate of drug-likeness (QED) is 0.0244. The number of nitrogens with one attached hydrogen (secondary N) is 12. The summed E-state index contributed by atoms with van der Waals surface area (Å²) >= 11 is 0. The SMILES string of the molecule is CC(C)[C@H](NC(=O)c1ccc(On2nnc3ccccc32)c(C#N)c1)C(=O)NCCC(=O)N[C@@H](Cc1ccccc1)C(=O)NCC(N)=O.CC(C)[C@H](NC(=O)c1ccc([18F])c(C#N)c1)C(=O)NCCC(=O)N[C@@H](Cc1ccccc1)C(=O)NCC(N)=O.CNC(=O)CNC(=O)[C@H](Cc1ccccc1)NC(=O)CCNC(=O)[C@@H](N)C(C)C.[C-]#[N+]c1cc(C(=O)O)ccc1N(C)CC. The van der Waals surface area contributed by atoms with Crippen LogP contribution in [0.25, 0.3) is 15.9 Å². The highest BCUT2D eigenvalue weighted by Gasteiger charge is 2.31. The van der Waals surface area contributed by atoms with Gasteiger partial charge in [0.1, 0.15) is 59.2 Å². The molecule has 39 nitrogen and oxygen atoms in total. The first-order valence-electron chi connectivity index (χ1n) is 41.4. The summed E-state index contributed by atoms with van der Waals surface area (Å²) in [7, 11) is 3.33. The second-order valence-electron chi connectivity index (χ2n) is 30.3.